The van der Waals surface area contributed by atoms with E-state index in [0.29, 0.717) is 18.2 Å². The summed E-state index contributed by atoms with van der Waals surface area (Å²) in [4.78, 5) is 14.6. The summed E-state index contributed by atoms with van der Waals surface area (Å²) in [5, 5.41) is 8.97. The van der Waals surface area contributed by atoms with E-state index in [0.717, 1.165) is 6.07 Å². The zero-order chi connectivity index (χ0) is 18.3. The van der Waals surface area contributed by atoms with Crippen molar-refractivity contribution in [2.75, 3.05) is 0 Å². The predicted octanol–water partition coefficient (Wildman–Crippen LogP) is 3.30. The molecule has 0 spiro atoms. The first-order chi connectivity index (χ1) is 10.9. The second kappa shape index (κ2) is 5.47. The summed E-state index contributed by atoms with van der Waals surface area (Å²) >= 11 is 0. The summed E-state index contributed by atoms with van der Waals surface area (Å²) in [6.45, 7) is 0. The first kappa shape index (κ1) is 17.7. The van der Waals surface area contributed by atoms with Crippen molar-refractivity contribution in [1.29, 1.82) is 5.26 Å². The molecule has 0 fully saturated rings. The third kappa shape index (κ3) is 2.68. The molecule has 1 heterocycles. The van der Waals surface area contributed by atoms with E-state index in [-0.39, 0.29) is 17.0 Å². The minimum atomic E-state index is -5.29. The molecule has 0 saturated heterocycles. The number of allylic oxidation sites excluding steroid dienone is 4. The predicted molar refractivity (Wildman–Crippen MR) is 65.0 cm³/mol. The average molecular weight is 353 g/mol. The Morgan fingerprint density at radius 3 is 2.33 bits per heavy atom. The SMILES string of the molecule is N#CC1(C(F)(F)F)C=CC=C(F)C1n1cnc(C(F)(F)F)cc1=O. The zero-order valence-electron chi connectivity index (χ0n) is 11.4. The number of nitriles is 1. The van der Waals surface area contributed by atoms with Crippen LogP contribution in [0.2, 0.25) is 0 Å². The van der Waals surface area contributed by atoms with Crippen LogP contribution in [0.15, 0.2) is 41.2 Å². The van der Waals surface area contributed by atoms with Crippen molar-refractivity contribution in [2.45, 2.75) is 18.4 Å². The molecule has 0 bridgehead atoms. The van der Waals surface area contributed by atoms with Gasteiger partial charge >= 0.3 is 12.4 Å². The lowest BCUT2D eigenvalue weighted by molar-refractivity contribution is -0.198. The molecule has 0 aliphatic heterocycles. The molecule has 2 unspecified atom stereocenters. The molecule has 2 atom stereocenters. The standard InChI is InChI=1S/C13H6F7N3O/c14-7-2-1-3-11(5-21,13(18,19)20)10(7)23-6-22-8(4-9(23)24)12(15,16)17/h1-4,6,10H. The first-order valence-electron chi connectivity index (χ1n) is 6.12. The molecule has 0 N–H and O–H groups in total. The Labute approximate surface area is 129 Å². The summed E-state index contributed by atoms with van der Waals surface area (Å²) < 4.78 is 91.5. The topological polar surface area (TPSA) is 58.7 Å². The van der Waals surface area contributed by atoms with Gasteiger partial charge in [0.2, 0.25) is 0 Å². The molecule has 128 valence electrons. The lowest BCUT2D eigenvalue weighted by Gasteiger charge is -2.35. The first-order valence-corrected chi connectivity index (χ1v) is 6.12. The van der Waals surface area contributed by atoms with Crippen LogP contribution in [-0.4, -0.2) is 15.7 Å². The van der Waals surface area contributed by atoms with E-state index >= 15 is 0 Å². The molecule has 24 heavy (non-hydrogen) atoms. The Balaban J connectivity index is 2.69. The molecule has 1 aliphatic carbocycles. The highest BCUT2D eigenvalue weighted by atomic mass is 19.4. The Hall–Kier alpha value is -2.64. The van der Waals surface area contributed by atoms with Crippen LogP contribution < -0.4 is 5.56 Å². The molecule has 1 aromatic heterocycles. The van der Waals surface area contributed by atoms with Crippen LogP contribution >= 0.6 is 0 Å². The number of hydrogen-bond acceptors (Lipinski definition) is 3. The van der Waals surface area contributed by atoms with E-state index in [1.54, 1.807) is 0 Å². The Kier molecular flexibility index (Phi) is 4.03. The van der Waals surface area contributed by atoms with E-state index in [4.69, 9.17) is 5.26 Å². The fourth-order valence-corrected chi connectivity index (χ4v) is 2.21. The van der Waals surface area contributed by atoms with Gasteiger partial charge in [-0.05, 0) is 6.08 Å². The monoisotopic (exact) mass is 353 g/mol. The number of nitrogens with zero attached hydrogens (tertiary/aromatic N) is 3. The van der Waals surface area contributed by atoms with Gasteiger partial charge in [0.05, 0.1) is 12.4 Å². The van der Waals surface area contributed by atoms with Crippen LogP contribution in [0.25, 0.3) is 0 Å². The van der Waals surface area contributed by atoms with Crippen molar-refractivity contribution in [1.82, 2.24) is 9.55 Å². The molecule has 4 nitrogen and oxygen atoms in total. The summed E-state index contributed by atoms with van der Waals surface area (Å²) in [5.41, 5.74) is -6.68. The van der Waals surface area contributed by atoms with Crippen LogP contribution in [0, 0.1) is 16.7 Å². The van der Waals surface area contributed by atoms with Crippen LogP contribution in [-0.2, 0) is 6.18 Å². The highest BCUT2D eigenvalue weighted by molar-refractivity contribution is 5.34. The average Bonchev–Trinajstić information content (AvgIpc) is 2.45. The van der Waals surface area contributed by atoms with Gasteiger partial charge in [-0.15, -0.1) is 0 Å². The maximum atomic E-state index is 14.0. The number of rotatable bonds is 1. The van der Waals surface area contributed by atoms with Crippen molar-refractivity contribution >= 4 is 0 Å². The van der Waals surface area contributed by atoms with Gasteiger partial charge in [-0.2, -0.15) is 31.6 Å². The molecule has 1 aliphatic rings. The lowest BCUT2D eigenvalue weighted by atomic mass is 9.77. The van der Waals surface area contributed by atoms with Gasteiger partial charge in [0.1, 0.15) is 11.9 Å². The number of alkyl halides is 6. The quantitative estimate of drug-likeness (QED) is 0.728. The lowest BCUT2D eigenvalue weighted by Crippen LogP contribution is -2.47. The van der Waals surface area contributed by atoms with Gasteiger partial charge in [-0.3, -0.25) is 9.36 Å². The van der Waals surface area contributed by atoms with Gasteiger partial charge in [-0.25, -0.2) is 9.37 Å². The zero-order valence-corrected chi connectivity index (χ0v) is 11.4. The summed E-state index contributed by atoms with van der Waals surface area (Å²) in [6, 6.07) is -1.68. The fraction of sp³-hybridized carbons (Fsp3) is 0.308. The molecule has 0 radical (unpaired) electrons. The second-order valence-corrected chi connectivity index (χ2v) is 4.81. The van der Waals surface area contributed by atoms with Crippen LogP contribution in [0.4, 0.5) is 30.7 Å². The third-order valence-electron chi connectivity index (χ3n) is 3.37. The smallest absolute Gasteiger partial charge is 0.287 e. The molecule has 2 rings (SSSR count). The Morgan fingerprint density at radius 1 is 1.25 bits per heavy atom. The van der Waals surface area contributed by atoms with Crippen molar-refractivity contribution in [3.05, 3.63) is 52.5 Å². The van der Waals surface area contributed by atoms with E-state index in [9.17, 15) is 35.5 Å². The molecule has 11 heteroatoms. The Bertz CT molecular complexity index is 813. The second-order valence-electron chi connectivity index (χ2n) is 4.81. The van der Waals surface area contributed by atoms with E-state index in [1.165, 1.54) is 0 Å². The van der Waals surface area contributed by atoms with Gasteiger partial charge in [0, 0.05) is 6.07 Å². The van der Waals surface area contributed by atoms with Crippen LogP contribution in [0.3, 0.4) is 0 Å². The fourth-order valence-electron chi connectivity index (χ4n) is 2.21. The van der Waals surface area contributed by atoms with Gasteiger partial charge in [0.25, 0.3) is 5.56 Å². The van der Waals surface area contributed by atoms with Crippen molar-refractivity contribution in [2.24, 2.45) is 5.41 Å². The third-order valence-corrected chi connectivity index (χ3v) is 3.37. The molecule has 1 aromatic rings. The normalized spacial score (nSPS) is 24.4. The molecular formula is C13H6F7N3O. The number of aromatic nitrogens is 2. The van der Waals surface area contributed by atoms with Gasteiger partial charge in [-0.1, -0.05) is 12.2 Å². The van der Waals surface area contributed by atoms with Gasteiger partial charge < -0.3 is 0 Å². The summed E-state index contributed by atoms with van der Waals surface area (Å²) in [5.74, 6) is -1.51. The van der Waals surface area contributed by atoms with Crippen LogP contribution in [0.1, 0.15) is 11.7 Å². The highest BCUT2D eigenvalue weighted by Gasteiger charge is 2.62. The summed E-state index contributed by atoms with van der Waals surface area (Å²) in [7, 11) is 0. The van der Waals surface area contributed by atoms with Crippen LogP contribution in [0.5, 0.6) is 0 Å². The number of hydrogen-bond donors (Lipinski definition) is 0. The molecule has 0 saturated carbocycles. The highest BCUT2D eigenvalue weighted by Crippen LogP contribution is 2.51. The molecule has 0 amide bonds. The largest absolute Gasteiger partial charge is 0.433 e. The molecular weight excluding hydrogens is 347 g/mol. The van der Waals surface area contributed by atoms with E-state index in [1.807, 2.05) is 0 Å². The van der Waals surface area contributed by atoms with Crippen molar-refractivity contribution in [3.63, 3.8) is 0 Å². The van der Waals surface area contributed by atoms with E-state index < -0.39 is 40.9 Å². The van der Waals surface area contributed by atoms with Gasteiger partial charge in [0.15, 0.2) is 11.1 Å². The maximum Gasteiger partial charge on any atom is 0.433 e. The summed E-state index contributed by atoms with van der Waals surface area (Å²) in [6.07, 6.45) is -8.60. The maximum absolute atomic E-state index is 14.0. The van der Waals surface area contributed by atoms with Crippen molar-refractivity contribution in [3.8, 4) is 6.07 Å². The number of halogens is 7. The van der Waals surface area contributed by atoms with E-state index in [2.05, 4.69) is 4.98 Å². The van der Waals surface area contributed by atoms with Crippen molar-refractivity contribution < 1.29 is 30.7 Å². The minimum Gasteiger partial charge on any atom is -0.287 e. The molecule has 0 aromatic carbocycles. The Morgan fingerprint density at radius 2 is 1.88 bits per heavy atom. The minimum absolute atomic E-state index is 0.0152.